The van der Waals surface area contributed by atoms with Gasteiger partial charge >= 0.3 is 5.97 Å². The van der Waals surface area contributed by atoms with E-state index in [2.05, 4.69) is 19.2 Å². The highest BCUT2D eigenvalue weighted by molar-refractivity contribution is 5.89. The van der Waals surface area contributed by atoms with Crippen LogP contribution in [0.15, 0.2) is 11.3 Å². The van der Waals surface area contributed by atoms with Gasteiger partial charge in [0.2, 0.25) is 0 Å². The zero-order valence-electron chi connectivity index (χ0n) is 11.3. The molecule has 0 amide bonds. The first kappa shape index (κ1) is 14.1. The molecule has 98 valence electrons. The van der Waals surface area contributed by atoms with Gasteiger partial charge in [0.1, 0.15) is 0 Å². The summed E-state index contributed by atoms with van der Waals surface area (Å²) in [6, 6.07) is 0. The zero-order chi connectivity index (χ0) is 12.7. The summed E-state index contributed by atoms with van der Waals surface area (Å²) in [5, 5.41) is 3.42. The molecule has 17 heavy (non-hydrogen) atoms. The predicted molar refractivity (Wildman–Crippen MR) is 69.6 cm³/mol. The van der Waals surface area contributed by atoms with Gasteiger partial charge in [-0.15, -0.1) is 0 Å². The quantitative estimate of drug-likeness (QED) is 0.724. The van der Waals surface area contributed by atoms with Crippen molar-refractivity contribution in [3.05, 3.63) is 11.3 Å². The molecule has 3 heteroatoms. The van der Waals surface area contributed by atoms with Crippen LogP contribution in [0.3, 0.4) is 0 Å². The standard InChI is InChI=1S/C14H25NO2/c1-4-17-14(16)12-7-5-6-8-13(12)15-10-9-11(2)3/h11,15H,4-10H2,1-3H3. The highest BCUT2D eigenvalue weighted by Crippen LogP contribution is 2.24. The van der Waals surface area contributed by atoms with Crippen LogP contribution in [-0.4, -0.2) is 19.1 Å². The third-order valence-corrected chi connectivity index (χ3v) is 3.05. The molecule has 0 spiro atoms. The van der Waals surface area contributed by atoms with E-state index in [9.17, 15) is 4.79 Å². The topological polar surface area (TPSA) is 38.3 Å². The van der Waals surface area contributed by atoms with Crippen molar-refractivity contribution in [3.8, 4) is 0 Å². The second-order valence-electron chi connectivity index (χ2n) is 4.99. The van der Waals surface area contributed by atoms with E-state index in [0.29, 0.717) is 12.5 Å². The minimum atomic E-state index is -0.126. The Labute approximate surface area is 105 Å². The van der Waals surface area contributed by atoms with Crippen molar-refractivity contribution in [2.75, 3.05) is 13.2 Å². The Hall–Kier alpha value is -0.990. The van der Waals surface area contributed by atoms with Gasteiger partial charge in [-0.3, -0.25) is 0 Å². The number of allylic oxidation sites excluding steroid dienone is 1. The molecule has 0 fully saturated rings. The molecule has 1 aliphatic rings. The summed E-state index contributed by atoms with van der Waals surface area (Å²) < 4.78 is 5.10. The fourth-order valence-corrected chi connectivity index (χ4v) is 2.06. The summed E-state index contributed by atoms with van der Waals surface area (Å²) in [5.74, 6) is 0.567. The molecule has 0 bridgehead atoms. The lowest BCUT2D eigenvalue weighted by Crippen LogP contribution is -2.24. The smallest absolute Gasteiger partial charge is 0.335 e. The average Bonchev–Trinajstić information content (AvgIpc) is 2.29. The fraction of sp³-hybridized carbons (Fsp3) is 0.786. The highest BCUT2D eigenvalue weighted by atomic mass is 16.5. The van der Waals surface area contributed by atoms with E-state index in [1.165, 1.54) is 6.42 Å². The molecule has 0 unspecified atom stereocenters. The summed E-state index contributed by atoms with van der Waals surface area (Å²) in [4.78, 5) is 11.8. The normalized spacial score (nSPS) is 16.2. The number of carbonyl (C=O) groups is 1. The molecule has 0 aromatic carbocycles. The van der Waals surface area contributed by atoms with Crippen molar-refractivity contribution >= 4 is 5.97 Å². The molecule has 0 saturated carbocycles. The predicted octanol–water partition coefficient (Wildman–Crippen LogP) is 3.01. The molecule has 0 aromatic rings. The summed E-state index contributed by atoms with van der Waals surface area (Å²) >= 11 is 0. The Morgan fingerprint density at radius 3 is 2.71 bits per heavy atom. The SMILES string of the molecule is CCOC(=O)C1=C(NCCC(C)C)CCCC1. The van der Waals surface area contributed by atoms with Crippen LogP contribution in [0.4, 0.5) is 0 Å². The molecule has 0 aromatic heterocycles. The van der Waals surface area contributed by atoms with Crippen molar-refractivity contribution in [1.29, 1.82) is 0 Å². The Morgan fingerprint density at radius 1 is 1.35 bits per heavy atom. The summed E-state index contributed by atoms with van der Waals surface area (Å²) in [6.45, 7) is 7.69. The van der Waals surface area contributed by atoms with Crippen LogP contribution < -0.4 is 5.32 Å². The Balaban J connectivity index is 2.57. The van der Waals surface area contributed by atoms with Gasteiger partial charge in [0, 0.05) is 12.2 Å². The Bertz CT molecular complexity index is 282. The van der Waals surface area contributed by atoms with Crippen LogP contribution in [0, 0.1) is 5.92 Å². The van der Waals surface area contributed by atoms with Gasteiger partial charge in [-0.1, -0.05) is 13.8 Å². The summed E-state index contributed by atoms with van der Waals surface area (Å²) in [7, 11) is 0. The lowest BCUT2D eigenvalue weighted by molar-refractivity contribution is -0.138. The molecule has 1 N–H and O–H groups in total. The van der Waals surface area contributed by atoms with Gasteiger partial charge in [-0.25, -0.2) is 4.79 Å². The molecular weight excluding hydrogens is 214 g/mol. The van der Waals surface area contributed by atoms with Crippen LogP contribution >= 0.6 is 0 Å². The molecule has 0 atom stereocenters. The average molecular weight is 239 g/mol. The molecule has 1 rings (SSSR count). The van der Waals surface area contributed by atoms with Gasteiger partial charge in [-0.05, 0) is 44.9 Å². The summed E-state index contributed by atoms with van der Waals surface area (Å²) in [5.41, 5.74) is 2.00. The van der Waals surface area contributed by atoms with Crippen molar-refractivity contribution in [2.45, 2.75) is 52.9 Å². The lowest BCUT2D eigenvalue weighted by Gasteiger charge is -2.21. The molecule has 0 aliphatic heterocycles. The second kappa shape index (κ2) is 7.36. The van der Waals surface area contributed by atoms with Crippen molar-refractivity contribution in [3.63, 3.8) is 0 Å². The van der Waals surface area contributed by atoms with Gasteiger partial charge < -0.3 is 10.1 Å². The first-order valence-corrected chi connectivity index (χ1v) is 6.78. The number of esters is 1. The van der Waals surface area contributed by atoms with Crippen molar-refractivity contribution in [1.82, 2.24) is 5.32 Å². The van der Waals surface area contributed by atoms with Gasteiger partial charge in [0.15, 0.2) is 0 Å². The molecule has 1 aliphatic carbocycles. The number of ether oxygens (including phenoxy) is 1. The Morgan fingerprint density at radius 2 is 2.06 bits per heavy atom. The van der Waals surface area contributed by atoms with E-state index >= 15 is 0 Å². The highest BCUT2D eigenvalue weighted by Gasteiger charge is 2.19. The number of hydrogen-bond donors (Lipinski definition) is 1. The minimum absolute atomic E-state index is 0.126. The van der Waals surface area contributed by atoms with Crippen LogP contribution in [-0.2, 0) is 9.53 Å². The molecule has 0 saturated heterocycles. The van der Waals surface area contributed by atoms with Gasteiger partial charge in [0.25, 0.3) is 0 Å². The maximum absolute atomic E-state index is 11.8. The van der Waals surface area contributed by atoms with Crippen LogP contribution in [0.25, 0.3) is 0 Å². The minimum Gasteiger partial charge on any atom is -0.463 e. The molecule has 3 nitrogen and oxygen atoms in total. The van der Waals surface area contributed by atoms with Crippen molar-refractivity contribution in [2.24, 2.45) is 5.92 Å². The molecule has 0 heterocycles. The van der Waals surface area contributed by atoms with Crippen LogP contribution in [0.1, 0.15) is 52.9 Å². The number of rotatable bonds is 6. The third-order valence-electron chi connectivity index (χ3n) is 3.05. The van der Waals surface area contributed by atoms with Gasteiger partial charge in [-0.2, -0.15) is 0 Å². The zero-order valence-corrected chi connectivity index (χ0v) is 11.3. The maximum Gasteiger partial charge on any atom is 0.335 e. The van der Waals surface area contributed by atoms with Crippen molar-refractivity contribution < 1.29 is 9.53 Å². The van der Waals surface area contributed by atoms with E-state index in [0.717, 1.165) is 43.5 Å². The Kier molecular flexibility index (Phi) is 6.09. The summed E-state index contributed by atoms with van der Waals surface area (Å²) in [6.07, 6.45) is 5.27. The van der Waals surface area contributed by atoms with Crippen LogP contribution in [0.5, 0.6) is 0 Å². The van der Waals surface area contributed by atoms with E-state index in [-0.39, 0.29) is 5.97 Å². The monoisotopic (exact) mass is 239 g/mol. The van der Waals surface area contributed by atoms with Crippen LogP contribution in [0.2, 0.25) is 0 Å². The van der Waals surface area contributed by atoms with E-state index in [1.54, 1.807) is 0 Å². The van der Waals surface area contributed by atoms with Gasteiger partial charge in [0.05, 0.1) is 12.2 Å². The maximum atomic E-state index is 11.8. The second-order valence-corrected chi connectivity index (χ2v) is 4.99. The first-order valence-electron chi connectivity index (χ1n) is 6.78. The largest absolute Gasteiger partial charge is 0.463 e. The lowest BCUT2D eigenvalue weighted by atomic mass is 9.96. The number of carbonyl (C=O) groups excluding carboxylic acids is 1. The molecule has 0 radical (unpaired) electrons. The van der Waals surface area contributed by atoms with E-state index in [4.69, 9.17) is 4.74 Å². The number of nitrogens with one attached hydrogen (secondary N) is 1. The number of hydrogen-bond acceptors (Lipinski definition) is 3. The van der Waals surface area contributed by atoms with E-state index in [1.807, 2.05) is 6.92 Å². The van der Waals surface area contributed by atoms with E-state index < -0.39 is 0 Å². The molecular formula is C14H25NO2. The third kappa shape index (κ3) is 4.80. The first-order chi connectivity index (χ1) is 8.15. The fourth-order valence-electron chi connectivity index (χ4n) is 2.06.